The topological polar surface area (TPSA) is 94.0 Å². The molecule has 0 aromatic heterocycles. The molecule has 6 heteroatoms. The van der Waals surface area contributed by atoms with E-state index in [0.29, 0.717) is 17.9 Å². The summed E-state index contributed by atoms with van der Waals surface area (Å²) < 4.78 is 0. The molecule has 1 atom stereocenters. The number of hydrogen-bond donors (Lipinski definition) is 3. The van der Waals surface area contributed by atoms with E-state index in [9.17, 15) is 9.59 Å². The first-order valence-corrected chi connectivity index (χ1v) is 7.92. The lowest BCUT2D eigenvalue weighted by molar-refractivity contribution is -0.123. The molecule has 1 aromatic rings. The molecular weight excluding hydrogens is 292 g/mol. The first-order chi connectivity index (χ1) is 11.2. The van der Waals surface area contributed by atoms with Gasteiger partial charge in [0.1, 0.15) is 12.6 Å². The second-order valence-corrected chi connectivity index (χ2v) is 5.70. The van der Waals surface area contributed by atoms with Crippen LogP contribution in [0.15, 0.2) is 30.3 Å². The van der Waals surface area contributed by atoms with Gasteiger partial charge in [-0.3, -0.25) is 9.59 Å². The molecule has 1 saturated heterocycles. The van der Waals surface area contributed by atoms with E-state index in [1.807, 2.05) is 12.1 Å². The molecule has 23 heavy (non-hydrogen) atoms. The van der Waals surface area contributed by atoms with Gasteiger partial charge in [-0.25, -0.2) is 0 Å². The van der Waals surface area contributed by atoms with Crippen LogP contribution < -0.4 is 16.0 Å². The number of benzene rings is 1. The Bertz CT molecular complexity index is 562. The zero-order valence-corrected chi connectivity index (χ0v) is 13.0. The van der Waals surface area contributed by atoms with Gasteiger partial charge in [0, 0.05) is 5.56 Å². The van der Waals surface area contributed by atoms with Crippen LogP contribution in [0.4, 0.5) is 0 Å². The fourth-order valence-corrected chi connectivity index (χ4v) is 2.76. The Morgan fingerprint density at radius 3 is 2.61 bits per heavy atom. The average molecular weight is 314 g/mol. The minimum absolute atomic E-state index is 0.0528. The van der Waals surface area contributed by atoms with E-state index in [0.717, 1.165) is 25.9 Å². The van der Waals surface area contributed by atoms with Gasteiger partial charge in [-0.1, -0.05) is 18.2 Å². The van der Waals surface area contributed by atoms with Gasteiger partial charge in [-0.2, -0.15) is 5.26 Å². The normalized spacial score (nSPS) is 16.1. The third-order valence-electron chi connectivity index (χ3n) is 4.03. The van der Waals surface area contributed by atoms with Crippen molar-refractivity contribution in [1.82, 2.24) is 16.0 Å². The summed E-state index contributed by atoms with van der Waals surface area (Å²) in [5.41, 5.74) is 0.524. The average Bonchev–Trinajstić information content (AvgIpc) is 2.60. The van der Waals surface area contributed by atoms with E-state index < -0.39 is 6.04 Å². The first-order valence-electron chi connectivity index (χ1n) is 7.92. The van der Waals surface area contributed by atoms with Crippen LogP contribution in [0, 0.1) is 17.2 Å². The maximum Gasteiger partial charge on any atom is 0.251 e. The summed E-state index contributed by atoms with van der Waals surface area (Å²) in [6.45, 7) is 1.82. The Labute approximate surface area is 136 Å². The maximum atomic E-state index is 12.3. The smallest absolute Gasteiger partial charge is 0.251 e. The van der Waals surface area contributed by atoms with Crippen molar-refractivity contribution in [2.45, 2.75) is 25.3 Å². The van der Waals surface area contributed by atoms with Gasteiger partial charge in [0.25, 0.3) is 5.91 Å². The van der Waals surface area contributed by atoms with Gasteiger partial charge >= 0.3 is 0 Å². The molecule has 1 heterocycles. The fourth-order valence-electron chi connectivity index (χ4n) is 2.76. The highest BCUT2D eigenvalue weighted by Gasteiger charge is 2.25. The second-order valence-electron chi connectivity index (χ2n) is 5.70. The number of nitrogens with one attached hydrogen (secondary N) is 3. The van der Waals surface area contributed by atoms with Gasteiger partial charge < -0.3 is 16.0 Å². The summed E-state index contributed by atoms with van der Waals surface area (Å²) in [6.07, 6.45) is 2.57. The molecule has 2 rings (SSSR count). The molecule has 1 aliphatic rings. The fraction of sp³-hybridized carbons (Fsp3) is 0.471. The third-order valence-corrected chi connectivity index (χ3v) is 4.03. The molecule has 122 valence electrons. The zero-order valence-electron chi connectivity index (χ0n) is 13.0. The maximum absolute atomic E-state index is 12.3. The lowest BCUT2D eigenvalue weighted by Gasteiger charge is -2.27. The first kappa shape index (κ1) is 17.0. The second kappa shape index (κ2) is 8.91. The molecule has 0 unspecified atom stereocenters. The van der Waals surface area contributed by atoms with Gasteiger partial charge in [-0.15, -0.1) is 0 Å². The molecule has 0 saturated carbocycles. The molecule has 1 aliphatic heterocycles. The molecule has 0 spiro atoms. The predicted octanol–water partition coefficient (Wildman–Crippen LogP) is 0.814. The summed E-state index contributed by atoms with van der Waals surface area (Å²) in [5.74, 6) is -0.170. The number of nitriles is 1. The summed E-state index contributed by atoms with van der Waals surface area (Å²) >= 11 is 0. The van der Waals surface area contributed by atoms with Crippen LogP contribution in [0.1, 0.15) is 29.6 Å². The minimum Gasteiger partial charge on any atom is -0.341 e. The van der Waals surface area contributed by atoms with Crippen LogP contribution in [0.2, 0.25) is 0 Å². The van der Waals surface area contributed by atoms with E-state index in [-0.39, 0.29) is 18.4 Å². The van der Waals surface area contributed by atoms with E-state index in [1.165, 1.54) is 0 Å². The van der Waals surface area contributed by atoms with Crippen molar-refractivity contribution in [2.24, 2.45) is 5.92 Å². The number of amides is 2. The van der Waals surface area contributed by atoms with E-state index in [2.05, 4.69) is 16.0 Å². The highest BCUT2D eigenvalue weighted by molar-refractivity contribution is 5.97. The number of carbonyl (C=O) groups is 2. The Balaban J connectivity index is 2.01. The molecule has 6 nitrogen and oxygen atoms in total. The number of nitrogens with zero attached hydrogens (tertiary/aromatic N) is 1. The largest absolute Gasteiger partial charge is 0.341 e. The lowest BCUT2D eigenvalue weighted by Crippen LogP contribution is -2.48. The van der Waals surface area contributed by atoms with Crippen molar-refractivity contribution in [1.29, 1.82) is 5.26 Å². The van der Waals surface area contributed by atoms with Crippen molar-refractivity contribution in [3.05, 3.63) is 35.9 Å². The van der Waals surface area contributed by atoms with Crippen LogP contribution in [-0.4, -0.2) is 37.5 Å². The summed E-state index contributed by atoms with van der Waals surface area (Å²) in [6, 6.07) is 10.1. The highest BCUT2D eigenvalue weighted by Crippen LogP contribution is 2.18. The Morgan fingerprint density at radius 2 is 1.96 bits per heavy atom. The summed E-state index contributed by atoms with van der Waals surface area (Å²) in [7, 11) is 0. The summed E-state index contributed by atoms with van der Waals surface area (Å²) in [4.78, 5) is 24.6. The molecule has 0 bridgehead atoms. The molecular formula is C17H22N4O2. The van der Waals surface area contributed by atoms with Crippen molar-refractivity contribution in [2.75, 3.05) is 19.6 Å². The number of rotatable bonds is 6. The van der Waals surface area contributed by atoms with Gasteiger partial charge in [-0.05, 0) is 50.4 Å². The molecule has 3 N–H and O–H groups in total. The van der Waals surface area contributed by atoms with Crippen LogP contribution in [-0.2, 0) is 4.79 Å². The number of piperidine rings is 1. The molecule has 1 fully saturated rings. The van der Waals surface area contributed by atoms with Crippen molar-refractivity contribution < 1.29 is 9.59 Å². The van der Waals surface area contributed by atoms with Gasteiger partial charge in [0.05, 0.1) is 6.07 Å². The highest BCUT2D eigenvalue weighted by atomic mass is 16.2. The number of carbonyl (C=O) groups excluding carboxylic acids is 2. The van der Waals surface area contributed by atoms with E-state index >= 15 is 0 Å². The quantitative estimate of drug-likeness (QED) is 0.677. The van der Waals surface area contributed by atoms with Crippen LogP contribution in [0.3, 0.4) is 0 Å². The molecule has 2 amide bonds. The SMILES string of the molecule is N#CCNC(=O)[C@H](CC1CCNCC1)NC(=O)c1ccccc1. The Morgan fingerprint density at radius 1 is 1.26 bits per heavy atom. The standard InChI is InChI=1S/C17H22N4O2/c18-8-11-20-17(23)15(12-13-6-9-19-10-7-13)21-16(22)14-4-2-1-3-5-14/h1-5,13,15,19H,6-7,9-12H2,(H,20,23)(H,21,22)/t15-/m0/s1. The zero-order chi connectivity index (χ0) is 16.5. The Hall–Kier alpha value is -2.39. The van der Waals surface area contributed by atoms with Crippen LogP contribution >= 0.6 is 0 Å². The molecule has 0 radical (unpaired) electrons. The monoisotopic (exact) mass is 314 g/mol. The molecule has 1 aromatic carbocycles. The van der Waals surface area contributed by atoms with Gasteiger partial charge in [0.2, 0.25) is 5.91 Å². The van der Waals surface area contributed by atoms with Crippen molar-refractivity contribution in [3.63, 3.8) is 0 Å². The lowest BCUT2D eigenvalue weighted by atomic mass is 9.90. The third kappa shape index (κ3) is 5.38. The minimum atomic E-state index is -0.612. The number of hydrogen-bond acceptors (Lipinski definition) is 4. The van der Waals surface area contributed by atoms with Crippen molar-refractivity contribution in [3.8, 4) is 6.07 Å². The van der Waals surface area contributed by atoms with Crippen LogP contribution in [0.5, 0.6) is 0 Å². The summed E-state index contributed by atoms with van der Waals surface area (Å²) in [5, 5.41) is 17.3. The van der Waals surface area contributed by atoms with Gasteiger partial charge in [0.15, 0.2) is 0 Å². The van der Waals surface area contributed by atoms with Crippen LogP contribution in [0.25, 0.3) is 0 Å². The predicted molar refractivity (Wildman–Crippen MR) is 86.5 cm³/mol. The molecule has 0 aliphatic carbocycles. The van der Waals surface area contributed by atoms with Crippen molar-refractivity contribution >= 4 is 11.8 Å². The van der Waals surface area contributed by atoms with E-state index in [1.54, 1.807) is 24.3 Å². The van der Waals surface area contributed by atoms with E-state index in [4.69, 9.17) is 5.26 Å². The Kier molecular flexibility index (Phi) is 6.57.